The van der Waals surface area contributed by atoms with Crippen LogP contribution < -0.4 is 4.74 Å². The van der Waals surface area contributed by atoms with Crippen molar-refractivity contribution in [3.63, 3.8) is 0 Å². The van der Waals surface area contributed by atoms with E-state index >= 15 is 0 Å². The van der Waals surface area contributed by atoms with Crippen molar-refractivity contribution in [2.45, 2.75) is 52.4 Å². The Labute approximate surface area is 160 Å². The molecule has 0 unspecified atom stereocenters. The molecule has 1 aliphatic rings. The molecule has 1 saturated heterocycles. The Morgan fingerprint density at radius 2 is 1.88 bits per heavy atom. The van der Waals surface area contributed by atoms with Gasteiger partial charge in [-0.15, -0.1) is 0 Å². The van der Waals surface area contributed by atoms with Gasteiger partial charge in [0.1, 0.15) is 5.75 Å². The zero-order chi connectivity index (χ0) is 19.5. The van der Waals surface area contributed by atoms with Crippen LogP contribution in [0.1, 0.15) is 45.7 Å². The SMILES string of the molecule is COc1ccc(CO)cc1C=C(CSC(C)=O)B1OC(C)(C)C(C)(C)O1. The molecule has 0 amide bonds. The summed E-state index contributed by atoms with van der Waals surface area (Å²) in [6.07, 6.45) is 1.93. The van der Waals surface area contributed by atoms with Gasteiger partial charge in [0.15, 0.2) is 5.12 Å². The van der Waals surface area contributed by atoms with Crippen LogP contribution in [0.5, 0.6) is 5.75 Å². The molecule has 1 fully saturated rings. The van der Waals surface area contributed by atoms with Crippen molar-refractivity contribution in [2.24, 2.45) is 0 Å². The number of benzene rings is 1. The van der Waals surface area contributed by atoms with Gasteiger partial charge >= 0.3 is 7.12 Å². The number of hydrogen-bond donors (Lipinski definition) is 1. The van der Waals surface area contributed by atoms with Gasteiger partial charge in [-0.05, 0) is 50.9 Å². The summed E-state index contributed by atoms with van der Waals surface area (Å²) in [5.41, 5.74) is 1.51. The van der Waals surface area contributed by atoms with Gasteiger partial charge in [-0.25, -0.2) is 0 Å². The number of thioether (sulfide) groups is 1. The molecule has 5 nitrogen and oxygen atoms in total. The lowest BCUT2D eigenvalue weighted by Gasteiger charge is -2.32. The standard InChI is InChI=1S/C19H27BO5S/c1-13(22)26-12-16(20-24-18(2,3)19(4,5)25-20)10-15-9-14(11-21)7-8-17(15)23-6/h7-10,21H,11-12H2,1-6H3. The summed E-state index contributed by atoms with van der Waals surface area (Å²) in [5, 5.41) is 9.46. The number of carbonyl (C=O) groups excluding carboxylic acids is 1. The summed E-state index contributed by atoms with van der Waals surface area (Å²) >= 11 is 1.21. The van der Waals surface area contributed by atoms with E-state index in [1.165, 1.54) is 11.8 Å². The second-order valence-electron chi connectivity index (χ2n) is 7.32. The lowest BCUT2D eigenvalue weighted by Crippen LogP contribution is -2.41. The van der Waals surface area contributed by atoms with Gasteiger partial charge in [0.25, 0.3) is 0 Å². The van der Waals surface area contributed by atoms with Crippen molar-refractivity contribution in [3.05, 3.63) is 34.8 Å². The number of rotatable bonds is 6. The Hall–Kier alpha value is -1.28. The summed E-state index contributed by atoms with van der Waals surface area (Å²) in [6.45, 7) is 9.47. The van der Waals surface area contributed by atoms with E-state index in [9.17, 15) is 9.90 Å². The Morgan fingerprint density at radius 1 is 1.27 bits per heavy atom. The summed E-state index contributed by atoms with van der Waals surface area (Å²) in [7, 11) is 1.05. The minimum Gasteiger partial charge on any atom is -0.496 e. The summed E-state index contributed by atoms with van der Waals surface area (Å²) in [6, 6.07) is 5.49. The van der Waals surface area contributed by atoms with Gasteiger partial charge in [-0.2, -0.15) is 0 Å². The summed E-state index contributed by atoms with van der Waals surface area (Å²) < 4.78 is 17.7. The van der Waals surface area contributed by atoms with Crippen LogP contribution in [-0.4, -0.2) is 41.4 Å². The number of methoxy groups -OCH3 is 1. The molecule has 0 aromatic heterocycles. The molecule has 0 aliphatic carbocycles. The Kier molecular flexibility index (Phi) is 6.61. The first-order valence-electron chi connectivity index (χ1n) is 8.57. The highest BCUT2D eigenvalue weighted by atomic mass is 32.2. The van der Waals surface area contributed by atoms with Crippen molar-refractivity contribution in [1.82, 2.24) is 0 Å². The Morgan fingerprint density at radius 3 is 2.38 bits per heavy atom. The van der Waals surface area contributed by atoms with Crippen LogP contribution in [0, 0.1) is 0 Å². The fourth-order valence-corrected chi connectivity index (χ4v) is 3.14. The van der Waals surface area contributed by atoms with E-state index in [2.05, 4.69) is 0 Å². The average Bonchev–Trinajstić information content (AvgIpc) is 2.78. The minimum atomic E-state index is -0.547. The molecule has 1 aliphatic heterocycles. The van der Waals surface area contributed by atoms with Crippen molar-refractivity contribution in [1.29, 1.82) is 0 Å². The Balaban J connectivity index is 2.42. The molecule has 0 saturated carbocycles. The van der Waals surface area contributed by atoms with Crippen LogP contribution in [0.4, 0.5) is 0 Å². The van der Waals surface area contributed by atoms with Crippen molar-refractivity contribution in [2.75, 3.05) is 12.9 Å². The van der Waals surface area contributed by atoms with Crippen LogP contribution in [0.2, 0.25) is 0 Å². The lowest BCUT2D eigenvalue weighted by molar-refractivity contribution is -0.109. The van der Waals surface area contributed by atoms with Gasteiger partial charge in [0, 0.05) is 18.2 Å². The summed E-state index contributed by atoms with van der Waals surface area (Å²) in [5.74, 6) is 1.14. The van der Waals surface area contributed by atoms with Gasteiger partial charge in [0.05, 0.1) is 24.9 Å². The molecule has 0 radical (unpaired) electrons. The predicted octanol–water partition coefficient (Wildman–Crippen LogP) is 3.48. The van der Waals surface area contributed by atoms with Gasteiger partial charge in [-0.3, -0.25) is 4.79 Å². The maximum absolute atomic E-state index is 11.5. The number of hydrogen-bond acceptors (Lipinski definition) is 6. The molecule has 142 valence electrons. The van der Waals surface area contributed by atoms with Gasteiger partial charge < -0.3 is 19.2 Å². The van der Waals surface area contributed by atoms with E-state index in [0.717, 1.165) is 16.6 Å². The molecule has 1 aromatic carbocycles. The highest BCUT2D eigenvalue weighted by Gasteiger charge is 2.52. The third kappa shape index (κ3) is 4.71. The highest BCUT2D eigenvalue weighted by Crippen LogP contribution is 2.39. The maximum Gasteiger partial charge on any atom is 0.491 e. The molecule has 2 rings (SSSR count). The number of carbonyl (C=O) groups is 1. The highest BCUT2D eigenvalue weighted by molar-refractivity contribution is 8.13. The van der Waals surface area contributed by atoms with Crippen LogP contribution in [0.3, 0.4) is 0 Å². The zero-order valence-corrected chi connectivity index (χ0v) is 17.1. The number of aliphatic hydroxyl groups excluding tert-OH is 1. The first-order chi connectivity index (χ1) is 12.1. The largest absolute Gasteiger partial charge is 0.496 e. The molecule has 0 atom stereocenters. The molecule has 1 aromatic rings. The Bertz CT molecular complexity index is 683. The van der Waals surface area contributed by atoms with Crippen LogP contribution in [0.15, 0.2) is 23.7 Å². The minimum absolute atomic E-state index is 0.0310. The number of ether oxygens (including phenoxy) is 1. The van der Waals surface area contributed by atoms with E-state index in [4.69, 9.17) is 14.0 Å². The normalized spacial score (nSPS) is 18.9. The zero-order valence-electron chi connectivity index (χ0n) is 16.3. The smallest absolute Gasteiger partial charge is 0.491 e. The van der Waals surface area contributed by atoms with Crippen LogP contribution >= 0.6 is 11.8 Å². The molecule has 1 N–H and O–H groups in total. The fourth-order valence-electron chi connectivity index (χ4n) is 2.55. The average molecular weight is 378 g/mol. The monoisotopic (exact) mass is 378 g/mol. The molecule has 1 heterocycles. The first-order valence-corrected chi connectivity index (χ1v) is 9.55. The first kappa shape index (κ1) is 21.0. The van der Waals surface area contributed by atoms with E-state index in [1.54, 1.807) is 14.0 Å². The fraction of sp³-hybridized carbons (Fsp3) is 0.526. The topological polar surface area (TPSA) is 65.0 Å². The van der Waals surface area contributed by atoms with E-state index in [0.29, 0.717) is 11.5 Å². The third-order valence-corrected chi connectivity index (χ3v) is 5.70. The van der Waals surface area contributed by atoms with Gasteiger partial charge in [0.2, 0.25) is 0 Å². The molecule has 0 spiro atoms. The maximum atomic E-state index is 11.5. The molecule has 7 heteroatoms. The molecular weight excluding hydrogens is 351 g/mol. The van der Waals surface area contributed by atoms with E-state index in [1.807, 2.05) is 52.0 Å². The third-order valence-electron chi connectivity index (χ3n) is 4.82. The molecule has 26 heavy (non-hydrogen) atoms. The van der Waals surface area contributed by atoms with E-state index < -0.39 is 18.3 Å². The van der Waals surface area contributed by atoms with Crippen molar-refractivity contribution >= 4 is 30.1 Å². The van der Waals surface area contributed by atoms with Crippen molar-refractivity contribution in [3.8, 4) is 5.75 Å². The molecule has 0 bridgehead atoms. The predicted molar refractivity (Wildman–Crippen MR) is 106 cm³/mol. The van der Waals surface area contributed by atoms with Crippen LogP contribution in [-0.2, 0) is 20.7 Å². The van der Waals surface area contributed by atoms with Gasteiger partial charge in [-0.1, -0.05) is 23.9 Å². The quantitative estimate of drug-likeness (QED) is 0.765. The second kappa shape index (κ2) is 8.17. The second-order valence-corrected chi connectivity index (χ2v) is 8.47. The van der Waals surface area contributed by atoms with E-state index in [-0.39, 0.29) is 11.7 Å². The van der Waals surface area contributed by atoms with Crippen LogP contribution in [0.25, 0.3) is 6.08 Å². The summed E-state index contributed by atoms with van der Waals surface area (Å²) in [4.78, 5) is 11.5. The number of aliphatic hydroxyl groups is 1. The van der Waals surface area contributed by atoms with Crippen molar-refractivity contribution < 1.29 is 23.9 Å². The lowest BCUT2D eigenvalue weighted by atomic mass is 9.78. The molecular formula is C19H27BO5S.